The first-order chi connectivity index (χ1) is 10.1. The Morgan fingerprint density at radius 3 is 2.95 bits per heavy atom. The number of sulfone groups is 1. The fraction of sp³-hybridized carbons (Fsp3) is 0.462. The number of anilines is 2. The molecule has 0 atom stereocenters. The van der Waals surface area contributed by atoms with Crippen LogP contribution in [0.5, 0.6) is 0 Å². The average molecular weight is 341 g/mol. The molecule has 1 saturated carbocycles. The molecule has 2 aromatic heterocycles. The number of fused-ring (bicyclic) bond motifs is 1. The molecule has 2 aromatic rings. The van der Waals surface area contributed by atoms with Crippen LogP contribution in [-0.4, -0.2) is 24.6 Å². The van der Waals surface area contributed by atoms with E-state index in [0.29, 0.717) is 0 Å². The van der Waals surface area contributed by atoms with E-state index in [4.69, 9.17) is 5.73 Å². The number of rotatable bonds is 3. The van der Waals surface area contributed by atoms with Crippen LogP contribution < -0.4 is 10.6 Å². The number of nitrogen functional groups attached to an aromatic ring is 1. The van der Waals surface area contributed by atoms with Gasteiger partial charge in [0.15, 0.2) is 15.7 Å². The van der Waals surface area contributed by atoms with Gasteiger partial charge in [0, 0.05) is 18.0 Å². The summed E-state index contributed by atoms with van der Waals surface area (Å²) < 4.78 is 29.3. The number of hydrogen-bond acceptors (Lipinski definition) is 7. The van der Waals surface area contributed by atoms with Crippen LogP contribution in [0.3, 0.4) is 0 Å². The number of hydrogen-bond donors (Lipinski definition) is 1. The molecule has 0 unspecified atom stereocenters. The van der Waals surface area contributed by atoms with E-state index in [-0.39, 0.29) is 16.0 Å². The number of nitrogens with two attached hydrogens (primary N) is 1. The molecule has 8 heteroatoms. The first-order valence-electron chi connectivity index (χ1n) is 6.86. The first-order valence-corrected chi connectivity index (χ1v) is 10.1. The Balaban J connectivity index is 1.74. The fourth-order valence-corrected chi connectivity index (χ4v) is 6.66. The molecule has 0 aromatic carbocycles. The smallest absolute Gasteiger partial charge is 0.187 e. The molecule has 2 aliphatic rings. The van der Waals surface area contributed by atoms with Gasteiger partial charge in [-0.1, -0.05) is 0 Å². The Morgan fingerprint density at radius 2 is 2.19 bits per heavy atom. The fourth-order valence-electron chi connectivity index (χ4n) is 2.72. The molecule has 1 aliphatic heterocycles. The maximum Gasteiger partial charge on any atom is 0.187 e. The van der Waals surface area contributed by atoms with Gasteiger partial charge in [0.25, 0.3) is 0 Å². The van der Waals surface area contributed by atoms with Gasteiger partial charge in [0.2, 0.25) is 0 Å². The quantitative estimate of drug-likeness (QED) is 0.927. The van der Waals surface area contributed by atoms with Crippen LogP contribution in [0.25, 0.3) is 0 Å². The van der Waals surface area contributed by atoms with Crippen LogP contribution in [0.1, 0.15) is 23.3 Å². The van der Waals surface area contributed by atoms with Gasteiger partial charge in [-0.3, -0.25) is 0 Å². The minimum absolute atomic E-state index is 0.165. The van der Waals surface area contributed by atoms with Crippen molar-refractivity contribution in [1.82, 2.24) is 4.37 Å². The highest BCUT2D eigenvalue weighted by Crippen LogP contribution is 2.43. The highest BCUT2D eigenvalue weighted by molar-refractivity contribution is 7.92. The Kier molecular flexibility index (Phi) is 3.02. The van der Waals surface area contributed by atoms with Gasteiger partial charge in [0.1, 0.15) is 9.90 Å². The third-order valence-electron chi connectivity index (χ3n) is 4.00. The lowest BCUT2D eigenvalue weighted by Gasteiger charge is -2.28. The Bertz CT molecular complexity index is 789. The number of aromatic nitrogens is 1. The van der Waals surface area contributed by atoms with Crippen molar-refractivity contribution >= 4 is 43.5 Å². The van der Waals surface area contributed by atoms with E-state index in [2.05, 4.69) is 20.7 Å². The molecule has 0 amide bonds. The summed E-state index contributed by atoms with van der Waals surface area (Å²) in [4.78, 5) is 3.78. The van der Waals surface area contributed by atoms with Gasteiger partial charge < -0.3 is 10.6 Å². The predicted molar refractivity (Wildman–Crippen MR) is 85.8 cm³/mol. The van der Waals surface area contributed by atoms with Crippen molar-refractivity contribution in [2.75, 3.05) is 17.2 Å². The molecule has 4 rings (SSSR count). The molecule has 0 saturated heterocycles. The zero-order valence-corrected chi connectivity index (χ0v) is 13.7. The highest BCUT2D eigenvalue weighted by Gasteiger charge is 2.41. The van der Waals surface area contributed by atoms with Gasteiger partial charge >= 0.3 is 0 Å². The third-order valence-corrected chi connectivity index (χ3v) is 8.40. The minimum atomic E-state index is -3.31. The van der Waals surface area contributed by atoms with E-state index < -0.39 is 9.84 Å². The standard InChI is InChI=1S/C13H15N3O2S3/c14-12-11(21(17,18)9-1-2-9)13(20-15-12)16-5-3-10-8(7-16)4-6-19-10/h4,6,9H,1-3,5,7H2,(H2,14,15). The van der Waals surface area contributed by atoms with Crippen LogP contribution in [0.15, 0.2) is 16.3 Å². The molecular weight excluding hydrogens is 326 g/mol. The van der Waals surface area contributed by atoms with Crippen molar-refractivity contribution in [3.8, 4) is 0 Å². The summed E-state index contributed by atoms with van der Waals surface area (Å²) in [5.74, 6) is 0.165. The predicted octanol–water partition coefficient (Wildman–Crippen LogP) is 2.29. The summed E-state index contributed by atoms with van der Waals surface area (Å²) >= 11 is 2.98. The number of nitrogens with zero attached hydrogens (tertiary/aromatic N) is 2. The molecule has 1 fully saturated rings. The summed E-state index contributed by atoms with van der Waals surface area (Å²) in [6, 6.07) is 2.12. The van der Waals surface area contributed by atoms with E-state index in [1.165, 1.54) is 22.0 Å². The van der Waals surface area contributed by atoms with Gasteiger partial charge in [-0.25, -0.2) is 8.42 Å². The molecule has 112 valence electrons. The van der Waals surface area contributed by atoms with Crippen LogP contribution in [0.4, 0.5) is 10.8 Å². The lowest BCUT2D eigenvalue weighted by atomic mass is 10.1. The summed E-state index contributed by atoms with van der Waals surface area (Å²) in [5, 5.41) is 2.56. The van der Waals surface area contributed by atoms with E-state index in [0.717, 1.165) is 37.4 Å². The van der Waals surface area contributed by atoms with Crippen molar-refractivity contribution in [2.24, 2.45) is 0 Å². The average Bonchev–Trinajstić information content (AvgIpc) is 3.10. The van der Waals surface area contributed by atoms with Crippen LogP contribution in [0, 0.1) is 0 Å². The second-order valence-electron chi connectivity index (χ2n) is 5.49. The van der Waals surface area contributed by atoms with Crippen LogP contribution >= 0.6 is 22.9 Å². The lowest BCUT2D eigenvalue weighted by Crippen LogP contribution is -2.30. The minimum Gasteiger partial charge on any atom is -0.382 e. The Hall–Kier alpha value is -1.12. The van der Waals surface area contributed by atoms with E-state index in [1.807, 2.05) is 0 Å². The Morgan fingerprint density at radius 1 is 1.38 bits per heavy atom. The lowest BCUT2D eigenvalue weighted by molar-refractivity contribution is 0.594. The second-order valence-corrected chi connectivity index (χ2v) is 9.40. The first kappa shape index (κ1) is 13.5. The van der Waals surface area contributed by atoms with Crippen molar-refractivity contribution in [1.29, 1.82) is 0 Å². The van der Waals surface area contributed by atoms with E-state index >= 15 is 0 Å². The maximum absolute atomic E-state index is 12.6. The van der Waals surface area contributed by atoms with Crippen molar-refractivity contribution in [3.63, 3.8) is 0 Å². The van der Waals surface area contributed by atoms with Gasteiger partial charge in [-0.05, 0) is 47.8 Å². The molecule has 3 heterocycles. The summed E-state index contributed by atoms with van der Waals surface area (Å²) in [6.07, 6.45) is 2.44. The largest absolute Gasteiger partial charge is 0.382 e. The second kappa shape index (κ2) is 4.69. The Labute approximate surface area is 131 Å². The normalized spacial score (nSPS) is 18.8. The molecule has 21 heavy (non-hydrogen) atoms. The molecule has 0 spiro atoms. The number of thiophene rings is 1. The van der Waals surface area contributed by atoms with Crippen molar-refractivity contribution < 1.29 is 8.42 Å². The summed E-state index contributed by atoms with van der Waals surface area (Å²) in [6.45, 7) is 1.57. The van der Waals surface area contributed by atoms with Gasteiger partial charge in [-0.15, -0.1) is 11.3 Å². The maximum atomic E-state index is 12.6. The van der Waals surface area contributed by atoms with Gasteiger partial charge in [-0.2, -0.15) is 4.37 Å². The third kappa shape index (κ3) is 2.16. The topological polar surface area (TPSA) is 76.3 Å². The van der Waals surface area contributed by atoms with E-state index in [1.54, 1.807) is 11.3 Å². The summed E-state index contributed by atoms with van der Waals surface area (Å²) in [7, 11) is -3.31. The molecule has 0 bridgehead atoms. The molecular formula is C13H15N3O2S3. The molecule has 0 radical (unpaired) electrons. The SMILES string of the molecule is Nc1nsc(N2CCc3sccc3C2)c1S(=O)(=O)C1CC1. The molecule has 1 aliphatic carbocycles. The van der Waals surface area contributed by atoms with Crippen LogP contribution in [0.2, 0.25) is 0 Å². The van der Waals surface area contributed by atoms with Crippen LogP contribution in [-0.2, 0) is 22.8 Å². The van der Waals surface area contributed by atoms with Crippen molar-refractivity contribution in [2.45, 2.75) is 36.0 Å². The molecule has 2 N–H and O–H groups in total. The van der Waals surface area contributed by atoms with Crippen molar-refractivity contribution in [3.05, 3.63) is 21.9 Å². The highest BCUT2D eigenvalue weighted by atomic mass is 32.2. The zero-order chi connectivity index (χ0) is 14.6. The monoisotopic (exact) mass is 341 g/mol. The van der Waals surface area contributed by atoms with Gasteiger partial charge in [0.05, 0.1) is 5.25 Å². The molecule has 5 nitrogen and oxygen atoms in total. The van der Waals surface area contributed by atoms with E-state index in [9.17, 15) is 8.42 Å². The summed E-state index contributed by atoms with van der Waals surface area (Å²) in [5.41, 5.74) is 7.16. The zero-order valence-electron chi connectivity index (χ0n) is 11.3.